The quantitative estimate of drug-likeness (QED) is 0.876. The van der Waals surface area contributed by atoms with Crippen molar-refractivity contribution in [1.29, 1.82) is 0 Å². The van der Waals surface area contributed by atoms with E-state index in [4.69, 9.17) is 5.73 Å². The highest BCUT2D eigenvalue weighted by molar-refractivity contribution is 5.76. The van der Waals surface area contributed by atoms with Gasteiger partial charge in [0.05, 0.1) is 0 Å². The Morgan fingerprint density at radius 1 is 1.37 bits per heavy atom. The molecule has 1 saturated carbocycles. The van der Waals surface area contributed by atoms with Gasteiger partial charge in [0.2, 0.25) is 5.91 Å². The molecular weight excluding hydrogens is 250 g/mol. The largest absolute Gasteiger partial charge is 0.353 e. The van der Waals surface area contributed by atoms with E-state index in [-0.39, 0.29) is 36.4 Å². The molecule has 0 saturated heterocycles. The van der Waals surface area contributed by atoms with Crippen LogP contribution >= 0.6 is 0 Å². The second kappa shape index (κ2) is 6.10. The first-order valence-electron chi connectivity index (χ1n) is 6.53. The standard InChI is InChI=1S/C14H18F2N2O/c15-10-2-5-13(16)9(7-10)1-6-14(19)18-12-4-3-11(17)8-12/h2,5,7,11-12H,1,3-4,6,8,17H2,(H,18,19). The van der Waals surface area contributed by atoms with Crippen molar-refractivity contribution in [3.05, 3.63) is 35.4 Å². The van der Waals surface area contributed by atoms with Gasteiger partial charge in [0, 0.05) is 18.5 Å². The van der Waals surface area contributed by atoms with E-state index in [1.54, 1.807) is 0 Å². The second-order valence-corrected chi connectivity index (χ2v) is 5.07. The van der Waals surface area contributed by atoms with Gasteiger partial charge in [0.25, 0.3) is 0 Å². The third-order valence-electron chi connectivity index (χ3n) is 3.47. The van der Waals surface area contributed by atoms with Crippen LogP contribution in [0.4, 0.5) is 8.78 Å². The lowest BCUT2D eigenvalue weighted by Gasteiger charge is -2.12. The highest BCUT2D eigenvalue weighted by Gasteiger charge is 2.22. The first-order valence-corrected chi connectivity index (χ1v) is 6.53. The van der Waals surface area contributed by atoms with Crippen molar-refractivity contribution in [1.82, 2.24) is 5.32 Å². The Labute approximate surface area is 111 Å². The summed E-state index contributed by atoms with van der Waals surface area (Å²) in [7, 11) is 0. The van der Waals surface area contributed by atoms with E-state index in [1.165, 1.54) is 0 Å². The zero-order valence-corrected chi connectivity index (χ0v) is 10.7. The SMILES string of the molecule is NC1CCC(NC(=O)CCc2cc(F)ccc2F)C1. The maximum Gasteiger partial charge on any atom is 0.220 e. The molecule has 3 N–H and O–H groups in total. The van der Waals surface area contributed by atoms with Gasteiger partial charge in [-0.2, -0.15) is 0 Å². The van der Waals surface area contributed by atoms with Crippen LogP contribution in [-0.2, 0) is 11.2 Å². The van der Waals surface area contributed by atoms with Crippen LogP contribution in [0.15, 0.2) is 18.2 Å². The summed E-state index contributed by atoms with van der Waals surface area (Å²) < 4.78 is 26.3. The Kier molecular flexibility index (Phi) is 4.47. The van der Waals surface area contributed by atoms with Gasteiger partial charge in [-0.05, 0) is 49.4 Å². The Bertz CT molecular complexity index is 465. The molecule has 5 heteroatoms. The number of carbonyl (C=O) groups is 1. The number of hydrogen-bond donors (Lipinski definition) is 2. The summed E-state index contributed by atoms with van der Waals surface area (Å²) in [5, 5.41) is 2.88. The molecule has 0 spiro atoms. The predicted molar refractivity (Wildman–Crippen MR) is 68.4 cm³/mol. The van der Waals surface area contributed by atoms with Crippen LogP contribution in [0.5, 0.6) is 0 Å². The zero-order chi connectivity index (χ0) is 13.8. The molecule has 1 aromatic carbocycles. The maximum absolute atomic E-state index is 13.4. The van der Waals surface area contributed by atoms with Crippen molar-refractivity contribution in [3.63, 3.8) is 0 Å². The molecule has 2 rings (SSSR count). The number of carbonyl (C=O) groups excluding carboxylic acids is 1. The summed E-state index contributed by atoms with van der Waals surface area (Å²) in [5.74, 6) is -1.10. The van der Waals surface area contributed by atoms with Crippen LogP contribution in [0.25, 0.3) is 0 Å². The van der Waals surface area contributed by atoms with Crippen LogP contribution in [0, 0.1) is 11.6 Å². The lowest BCUT2D eigenvalue weighted by atomic mass is 10.1. The molecular formula is C14H18F2N2O. The summed E-state index contributed by atoms with van der Waals surface area (Å²) in [6.45, 7) is 0. The van der Waals surface area contributed by atoms with Crippen LogP contribution in [-0.4, -0.2) is 18.0 Å². The molecule has 0 bridgehead atoms. The average molecular weight is 268 g/mol. The molecule has 1 aliphatic rings. The molecule has 1 aliphatic carbocycles. The molecule has 0 aliphatic heterocycles. The van der Waals surface area contributed by atoms with E-state index < -0.39 is 11.6 Å². The molecule has 1 aromatic rings. The molecule has 0 aromatic heterocycles. The van der Waals surface area contributed by atoms with Gasteiger partial charge in [0.15, 0.2) is 0 Å². The van der Waals surface area contributed by atoms with Crippen LogP contribution < -0.4 is 11.1 Å². The molecule has 0 radical (unpaired) electrons. The molecule has 0 heterocycles. The number of nitrogens with one attached hydrogen (secondary N) is 1. The summed E-state index contributed by atoms with van der Waals surface area (Å²) in [5.41, 5.74) is 5.99. The van der Waals surface area contributed by atoms with E-state index in [2.05, 4.69) is 5.32 Å². The van der Waals surface area contributed by atoms with E-state index in [1.807, 2.05) is 0 Å². The second-order valence-electron chi connectivity index (χ2n) is 5.07. The van der Waals surface area contributed by atoms with Gasteiger partial charge >= 0.3 is 0 Å². The average Bonchev–Trinajstić information content (AvgIpc) is 2.76. The van der Waals surface area contributed by atoms with Crippen LogP contribution in [0.3, 0.4) is 0 Å². The molecule has 1 amide bonds. The molecule has 2 unspecified atom stereocenters. The monoisotopic (exact) mass is 268 g/mol. The van der Waals surface area contributed by atoms with Crippen LogP contribution in [0.2, 0.25) is 0 Å². The summed E-state index contributed by atoms with van der Waals surface area (Å²) >= 11 is 0. The highest BCUT2D eigenvalue weighted by atomic mass is 19.1. The van der Waals surface area contributed by atoms with Gasteiger partial charge in [-0.25, -0.2) is 8.78 Å². The smallest absolute Gasteiger partial charge is 0.220 e. The number of nitrogens with two attached hydrogens (primary N) is 1. The van der Waals surface area contributed by atoms with Gasteiger partial charge < -0.3 is 11.1 Å². The Balaban J connectivity index is 1.81. The first-order chi connectivity index (χ1) is 9.04. The third-order valence-corrected chi connectivity index (χ3v) is 3.47. The fraction of sp³-hybridized carbons (Fsp3) is 0.500. The summed E-state index contributed by atoms with van der Waals surface area (Å²) in [6.07, 6.45) is 2.96. The lowest BCUT2D eigenvalue weighted by Crippen LogP contribution is -2.34. The summed E-state index contributed by atoms with van der Waals surface area (Å²) in [4.78, 5) is 11.7. The molecule has 104 valence electrons. The Hall–Kier alpha value is -1.49. The van der Waals surface area contributed by atoms with E-state index in [9.17, 15) is 13.6 Å². The van der Waals surface area contributed by atoms with E-state index in [0.29, 0.717) is 0 Å². The fourth-order valence-corrected chi connectivity index (χ4v) is 2.43. The minimum atomic E-state index is -0.487. The van der Waals surface area contributed by atoms with Gasteiger partial charge in [0.1, 0.15) is 11.6 Å². The van der Waals surface area contributed by atoms with Crippen LogP contribution in [0.1, 0.15) is 31.2 Å². The van der Waals surface area contributed by atoms with Crippen molar-refractivity contribution in [2.75, 3.05) is 0 Å². The minimum Gasteiger partial charge on any atom is -0.353 e. The Morgan fingerprint density at radius 2 is 2.16 bits per heavy atom. The lowest BCUT2D eigenvalue weighted by molar-refractivity contribution is -0.121. The number of hydrogen-bond acceptors (Lipinski definition) is 2. The predicted octanol–water partition coefficient (Wildman–Crippen LogP) is 1.89. The van der Waals surface area contributed by atoms with E-state index >= 15 is 0 Å². The molecule has 3 nitrogen and oxygen atoms in total. The van der Waals surface area contributed by atoms with Gasteiger partial charge in [-0.3, -0.25) is 4.79 Å². The minimum absolute atomic E-state index is 0.125. The Morgan fingerprint density at radius 3 is 2.84 bits per heavy atom. The maximum atomic E-state index is 13.4. The normalized spacial score (nSPS) is 22.5. The number of amides is 1. The molecule has 2 atom stereocenters. The number of halogens is 2. The first kappa shape index (κ1) is 13.9. The summed E-state index contributed by atoms with van der Waals surface area (Å²) in [6, 6.07) is 3.57. The van der Waals surface area contributed by atoms with Crippen molar-refractivity contribution >= 4 is 5.91 Å². The van der Waals surface area contributed by atoms with Gasteiger partial charge in [-0.15, -0.1) is 0 Å². The zero-order valence-electron chi connectivity index (χ0n) is 10.7. The number of rotatable bonds is 4. The van der Waals surface area contributed by atoms with Crippen molar-refractivity contribution in [3.8, 4) is 0 Å². The van der Waals surface area contributed by atoms with Crippen molar-refractivity contribution in [2.45, 2.75) is 44.2 Å². The topological polar surface area (TPSA) is 55.1 Å². The van der Waals surface area contributed by atoms with Crippen molar-refractivity contribution in [2.24, 2.45) is 5.73 Å². The fourth-order valence-electron chi connectivity index (χ4n) is 2.43. The van der Waals surface area contributed by atoms with Crippen molar-refractivity contribution < 1.29 is 13.6 Å². The molecule has 1 fully saturated rings. The third kappa shape index (κ3) is 3.99. The van der Waals surface area contributed by atoms with E-state index in [0.717, 1.165) is 37.5 Å². The molecule has 19 heavy (non-hydrogen) atoms. The van der Waals surface area contributed by atoms with Gasteiger partial charge in [-0.1, -0.05) is 0 Å². The number of benzene rings is 1. The highest BCUT2D eigenvalue weighted by Crippen LogP contribution is 2.17. The number of aryl methyl sites for hydroxylation is 1.